The summed E-state index contributed by atoms with van der Waals surface area (Å²) in [4.78, 5) is 4.08. The van der Waals surface area contributed by atoms with E-state index in [9.17, 15) is 10.2 Å². The maximum atomic E-state index is 10.3. The smallest absolute Gasteiger partial charge is 0.159 e. The Hall–Kier alpha value is -0.380. The first kappa shape index (κ1) is 15.5. The number of ether oxygens (including phenoxy) is 2. The minimum Gasteiger partial charge on any atom is -0.388 e. The molecule has 5 atom stereocenters. The Morgan fingerprint density at radius 1 is 1.33 bits per heavy atom. The van der Waals surface area contributed by atoms with Gasteiger partial charge in [-0.25, -0.2) is 0 Å². The highest BCUT2D eigenvalue weighted by atomic mass is 32.2. The number of nitrogens with zero attached hydrogens (tertiary/aromatic N) is 1. The molecule has 3 fully saturated rings. The standard InChI is InChI=1S/C13H23N3O4S/c1-14-13-16-9-11(18)10(17)8(20-12(9)21-13)6-15-7-2-4-19-5-3-7/h7-12,15,17-18H,2-6H2,1H3,(H,14,16). The number of nitrogens with one attached hydrogen (secondary N) is 2. The van der Waals surface area contributed by atoms with Crippen LogP contribution in [0, 0.1) is 0 Å². The fraction of sp³-hybridized carbons (Fsp3) is 0.923. The number of thioether (sulfide) groups is 1. The van der Waals surface area contributed by atoms with Crippen molar-refractivity contribution >= 4 is 16.9 Å². The van der Waals surface area contributed by atoms with E-state index in [1.54, 1.807) is 7.05 Å². The molecule has 0 aromatic heterocycles. The van der Waals surface area contributed by atoms with Gasteiger partial charge in [-0.3, -0.25) is 4.99 Å². The van der Waals surface area contributed by atoms with E-state index in [1.165, 1.54) is 11.8 Å². The molecule has 0 amide bonds. The van der Waals surface area contributed by atoms with Gasteiger partial charge in [-0.05, 0) is 12.8 Å². The molecule has 3 aliphatic rings. The zero-order chi connectivity index (χ0) is 14.8. The van der Waals surface area contributed by atoms with Crippen LogP contribution >= 0.6 is 11.8 Å². The van der Waals surface area contributed by atoms with Crippen LogP contribution in [0.3, 0.4) is 0 Å². The van der Waals surface area contributed by atoms with Gasteiger partial charge in [0, 0.05) is 32.8 Å². The van der Waals surface area contributed by atoms with Gasteiger partial charge in [0.25, 0.3) is 0 Å². The van der Waals surface area contributed by atoms with Crippen LogP contribution in [-0.2, 0) is 9.47 Å². The van der Waals surface area contributed by atoms with E-state index in [4.69, 9.17) is 9.47 Å². The number of aliphatic imine (C=N–C) groups is 1. The van der Waals surface area contributed by atoms with Gasteiger partial charge < -0.3 is 30.3 Å². The Morgan fingerprint density at radius 2 is 2.10 bits per heavy atom. The molecule has 3 rings (SSSR count). The van der Waals surface area contributed by atoms with E-state index in [0.29, 0.717) is 12.6 Å². The molecule has 0 spiro atoms. The van der Waals surface area contributed by atoms with Crippen LogP contribution in [-0.4, -0.2) is 78.0 Å². The molecular weight excluding hydrogens is 294 g/mol. The highest BCUT2D eigenvalue weighted by molar-refractivity contribution is 8.14. The van der Waals surface area contributed by atoms with Crippen molar-refractivity contribution in [2.45, 2.75) is 48.7 Å². The van der Waals surface area contributed by atoms with E-state index in [0.717, 1.165) is 31.2 Å². The largest absolute Gasteiger partial charge is 0.388 e. The average Bonchev–Trinajstić information content (AvgIpc) is 2.94. The van der Waals surface area contributed by atoms with E-state index in [-0.39, 0.29) is 11.5 Å². The number of hydrogen-bond donors (Lipinski definition) is 4. The van der Waals surface area contributed by atoms with Crippen molar-refractivity contribution in [1.82, 2.24) is 10.6 Å². The Kier molecular flexibility index (Phi) is 5.03. The molecule has 4 N–H and O–H groups in total. The summed E-state index contributed by atoms with van der Waals surface area (Å²) < 4.78 is 11.3. The van der Waals surface area contributed by atoms with Gasteiger partial charge in [-0.2, -0.15) is 0 Å². The predicted molar refractivity (Wildman–Crippen MR) is 80.4 cm³/mol. The van der Waals surface area contributed by atoms with Crippen molar-refractivity contribution in [2.24, 2.45) is 4.99 Å². The summed E-state index contributed by atoms with van der Waals surface area (Å²) in [6.45, 7) is 2.08. The fourth-order valence-electron chi connectivity index (χ4n) is 2.94. The highest BCUT2D eigenvalue weighted by Crippen LogP contribution is 2.33. The fourth-order valence-corrected chi connectivity index (χ4v) is 4.05. The minimum atomic E-state index is -0.900. The highest BCUT2D eigenvalue weighted by Gasteiger charge is 2.48. The number of aliphatic hydroxyl groups excluding tert-OH is 2. The van der Waals surface area contributed by atoms with E-state index in [2.05, 4.69) is 15.6 Å². The third kappa shape index (κ3) is 3.35. The first-order valence-corrected chi connectivity index (χ1v) is 8.29. The van der Waals surface area contributed by atoms with Gasteiger partial charge in [0.05, 0.1) is 6.04 Å². The minimum absolute atomic E-state index is 0.205. The maximum absolute atomic E-state index is 10.3. The molecule has 0 saturated carbocycles. The molecule has 0 bridgehead atoms. The van der Waals surface area contributed by atoms with Crippen LogP contribution in [0.15, 0.2) is 4.99 Å². The van der Waals surface area contributed by atoms with Gasteiger partial charge in [0.2, 0.25) is 0 Å². The topological polar surface area (TPSA) is 95.3 Å². The Morgan fingerprint density at radius 3 is 2.81 bits per heavy atom. The lowest BCUT2D eigenvalue weighted by atomic mass is 9.97. The Labute approximate surface area is 128 Å². The number of rotatable bonds is 3. The molecule has 7 nitrogen and oxygen atoms in total. The molecule has 0 aromatic rings. The van der Waals surface area contributed by atoms with Crippen molar-refractivity contribution < 1.29 is 19.7 Å². The molecule has 21 heavy (non-hydrogen) atoms. The molecule has 3 saturated heterocycles. The van der Waals surface area contributed by atoms with Crippen LogP contribution in [0.2, 0.25) is 0 Å². The van der Waals surface area contributed by atoms with E-state index >= 15 is 0 Å². The second-order valence-electron chi connectivity index (χ2n) is 5.64. The lowest BCUT2D eigenvalue weighted by Crippen LogP contribution is -2.61. The zero-order valence-electron chi connectivity index (χ0n) is 12.1. The molecule has 5 unspecified atom stereocenters. The second kappa shape index (κ2) is 6.80. The number of fused-ring (bicyclic) bond motifs is 1. The van der Waals surface area contributed by atoms with Crippen molar-refractivity contribution in [3.63, 3.8) is 0 Å². The van der Waals surface area contributed by atoms with Gasteiger partial charge >= 0.3 is 0 Å². The van der Waals surface area contributed by atoms with Crippen LogP contribution in [0.5, 0.6) is 0 Å². The SMILES string of the molecule is CN=C1NC2C(OC(CNC3CCOCC3)C(O)C2O)S1. The summed E-state index contributed by atoms with van der Waals surface area (Å²) in [7, 11) is 1.69. The molecule has 0 aromatic carbocycles. The third-order valence-corrected chi connectivity index (χ3v) is 5.41. The third-order valence-electron chi connectivity index (χ3n) is 4.25. The second-order valence-corrected chi connectivity index (χ2v) is 6.72. The molecule has 3 heterocycles. The zero-order valence-corrected chi connectivity index (χ0v) is 12.9. The molecule has 0 aliphatic carbocycles. The molecule has 120 valence electrons. The summed E-state index contributed by atoms with van der Waals surface area (Å²) in [5.74, 6) is 0. The summed E-state index contributed by atoms with van der Waals surface area (Å²) in [6, 6.07) is 0.0922. The Balaban J connectivity index is 1.56. The predicted octanol–water partition coefficient (Wildman–Crippen LogP) is -1.11. The van der Waals surface area contributed by atoms with Crippen LogP contribution in [0.25, 0.3) is 0 Å². The van der Waals surface area contributed by atoms with Gasteiger partial charge in [0.1, 0.15) is 23.7 Å². The molecule has 8 heteroatoms. The van der Waals surface area contributed by atoms with Crippen LogP contribution in [0.1, 0.15) is 12.8 Å². The molecule has 3 aliphatic heterocycles. The molecule has 0 radical (unpaired) electrons. The summed E-state index contributed by atoms with van der Waals surface area (Å²) in [6.07, 6.45) is -0.213. The van der Waals surface area contributed by atoms with Crippen LogP contribution in [0.4, 0.5) is 0 Å². The van der Waals surface area contributed by atoms with Crippen molar-refractivity contribution in [1.29, 1.82) is 0 Å². The van der Waals surface area contributed by atoms with Gasteiger partial charge in [0.15, 0.2) is 5.17 Å². The quantitative estimate of drug-likeness (QED) is 0.524. The monoisotopic (exact) mass is 317 g/mol. The summed E-state index contributed by atoms with van der Waals surface area (Å²) in [5.41, 5.74) is -0.205. The average molecular weight is 317 g/mol. The first-order chi connectivity index (χ1) is 10.2. The number of amidine groups is 1. The maximum Gasteiger partial charge on any atom is 0.159 e. The van der Waals surface area contributed by atoms with E-state index in [1.807, 2.05) is 0 Å². The summed E-state index contributed by atoms with van der Waals surface area (Å²) >= 11 is 1.46. The van der Waals surface area contributed by atoms with Crippen LogP contribution < -0.4 is 10.6 Å². The number of hydrogen-bond acceptors (Lipinski definition) is 7. The first-order valence-electron chi connectivity index (χ1n) is 7.41. The lowest BCUT2D eigenvalue weighted by Gasteiger charge is -2.39. The van der Waals surface area contributed by atoms with Gasteiger partial charge in [-0.1, -0.05) is 11.8 Å². The summed E-state index contributed by atoms with van der Waals surface area (Å²) in [5, 5.41) is 27.7. The number of aliphatic hydroxyl groups is 2. The van der Waals surface area contributed by atoms with Gasteiger partial charge in [-0.15, -0.1) is 0 Å². The Bertz CT molecular complexity index is 392. The van der Waals surface area contributed by atoms with Crippen molar-refractivity contribution in [3.8, 4) is 0 Å². The van der Waals surface area contributed by atoms with Crippen molar-refractivity contribution in [3.05, 3.63) is 0 Å². The normalized spacial score (nSPS) is 42.8. The molecular formula is C13H23N3O4S. The van der Waals surface area contributed by atoms with E-state index < -0.39 is 18.3 Å². The van der Waals surface area contributed by atoms with Crippen molar-refractivity contribution in [2.75, 3.05) is 26.8 Å². The lowest BCUT2D eigenvalue weighted by molar-refractivity contribution is -0.154.